The molecule has 0 saturated carbocycles. The number of hydrogen-bond acceptors (Lipinski definition) is 4. The number of carbonyl (C=O) groups excluding carboxylic acids is 3. The number of hydrogen-bond donors (Lipinski definition) is 1. The van der Waals surface area contributed by atoms with Crippen molar-refractivity contribution in [3.05, 3.63) is 59.7 Å². The van der Waals surface area contributed by atoms with Crippen LogP contribution >= 0.6 is 0 Å². The van der Waals surface area contributed by atoms with Gasteiger partial charge < -0.3 is 15.0 Å². The zero-order chi connectivity index (χ0) is 20.9. The van der Waals surface area contributed by atoms with Crippen molar-refractivity contribution >= 4 is 29.2 Å². The Morgan fingerprint density at radius 2 is 1.71 bits per heavy atom. The average Bonchev–Trinajstić information content (AvgIpc) is 2.65. The van der Waals surface area contributed by atoms with Gasteiger partial charge in [0.25, 0.3) is 0 Å². The molecule has 0 aliphatic heterocycles. The lowest BCUT2D eigenvalue weighted by atomic mass is 10.2. The SMILES string of the molecule is COC(=O)c1cccc(NC(=O)CN(C(C)=O)c2ccc(C(F)(F)F)cc2)c1. The molecule has 6 nitrogen and oxygen atoms in total. The van der Waals surface area contributed by atoms with Crippen molar-refractivity contribution in [1.82, 2.24) is 0 Å². The molecule has 0 bridgehead atoms. The molecular formula is C19H17F3N2O4. The van der Waals surface area contributed by atoms with E-state index < -0.39 is 36.1 Å². The minimum Gasteiger partial charge on any atom is -0.465 e. The van der Waals surface area contributed by atoms with Gasteiger partial charge in [0.2, 0.25) is 11.8 Å². The summed E-state index contributed by atoms with van der Waals surface area (Å²) in [5.74, 6) is -1.68. The third-order valence-corrected chi connectivity index (χ3v) is 3.76. The summed E-state index contributed by atoms with van der Waals surface area (Å²) in [7, 11) is 1.22. The normalized spacial score (nSPS) is 10.9. The summed E-state index contributed by atoms with van der Waals surface area (Å²) in [4.78, 5) is 36.7. The maximum atomic E-state index is 12.7. The predicted molar refractivity (Wildman–Crippen MR) is 95.9 cm³/mol. The van der Waals surface area contributed by atoms with Gasteiger partial charge in [-0.05, 0) is 42.5 Å². The largest absolute Gasteiger partial charge is 0.465 e. The monoisotopic (exact) mass is 394 g/mol. The number of ether oxygens (including phenoxy) is 1. The number of anilines is 2. The number of rotatable bonds is 5. The highest BCUT2D eigenvalue weighted by molar-refractivity contribution is 6.02. The number of methoxy groups -OCH3 is 1. The second-order valence-electron chi connectivity index (χ2n) is 5.77. The van der Waals surface area contributed by atoms with Crippen molar-refractivity contribution in [2.45, 2.75) is 13.1 Å². The molecule has 2 aromatic rings. The third-order valence-electron chi connectivity index (χ3n) is 3.76. The van der Waals surface area contributed by atoms with Gasteiger partial charge in [-0.3, -0.25) is 9.59 Å². The summed E-state index contributed by atoms with van der Waals surface area (Å²) in [6.07, 6.45) is -4.50. The minimum absolute atomic E-state index is 0.152. The van der Waals surface area contributed by atoms with Gasteiger partial charge in [0.05, 0.1) is 18.2 Å². The van der Waals surface area contributed by atoms with E-state index in [0.717, 1.165) is 29.2 Å². The van der Waals surface area contributed by atoms with Crippen LogP contribution in [0.5, 0.6) is 0 Å². The van der Waals surface area contributed by atoms with E-state index in [4.69, 9.17) is 0 Å². The van der Waals surface area contributed by atoms with Crippen molar-refractivity contribution in [1.29, 1.82) is 0 Å². The van der Waals surface area contributed by atoms with Crippen LogP contribution < -0.4 is 10.2 Å². The van der Waals surface area contributed by atoms with Crippen LogP contribution in [0.2, 0.25) is 0 Å². The molecule has 148 valence electrons. The molecule has 0 saturated heterocycles. The molecule has 0 aliphatic rings. The third kappa shape index (κ3) is 5.32. The van der Waals surface area contributed by atoms with E-state index in [1.807, 2.05) is 0 Å². The van der Waals surface area contributed by atoms with Crippen LogP contribution in [0.4, 0.5) is 24.5 Å². The summed E-state index contributed by atoms with van der Waals surface area (Å²) in [5, 5.41) is 2.53. The zero-order valence-electron chi connectivity index (χ0n) is 15.0. The van der Waals surface area contributed by atoms with Crippen molar-refractivity contribution in [3.8, 4) is 0 Å². The zero-order valence-corrected chi connectivity index (χ0v) is 15.0. The van der Waals surface area contributed by atoms with E-state index in [9.17, 15) is 27.6 Å². The molecule has 1 N–H and O–H groups in total. The molecule has 28 heavy (non-hydrogen) atoms. The first-order valence-electron chi connectivity index (χ1n) is 8.05. The van der Waals surface area contributed by atoms with Gasteiger partial charge in [-0.2, -0.15) is 13.2 Å². The highest BCUT2D eigenvalue weighted by Gasteiger charge is 2.30. The second kappa shape index (κ2) is 8.55. The van der Waals surface area contributed by atoms with Crippen molar-refractivity contribution < 1.29 is 32.3 Å². The number of carbonyl (C=O) groups is 3. The number of halogens is 3. The molecule has 0 unspecified atom stereocenters. The van der Waals surface area contributed by atoms with E-state index in [-0.39, 0.29) is 11.3 Å². The quantitative estimate of drug-likeness (QED) is 0.788. The van der Waals surface area contributed by atoms with Crippen LogP contribution in [0.1, 0.15) is 22.8 Å². The summed E-state index contributed by atoms with van der Waals surface area (Å²) >= 11 is 0. The second-order valence-corrected chi connectivity index (χ2v) is 5.77. The van der Waals surface area contributed by atoms with Gasteiger partial charge in [0, 0.05) is 18.3 Å². The van der Waals surface area contributed by atoms with E-state index in [0.29, 0.717) is 5.69 Å². The Morgan fingerprint density at radius 3 is 2.25 bits per heavy atom. The topological polar surface area (TPSA) is 75.7 Å². The highest BCUT2D eigenvalue weighted by atomic mass is 19.4. The van der Waals surface area contributed by atoms with Crippen molar-refractivity contribution in [2.75, 3.05) is 23.9 Å². The van der Waals surface area contributed by atoms with Crippen LogP contribution in [-0.4, -0.2) is 31.4 Å². The molecule has 2 amide bonds. The van der Waals surface area contributed by atoms with E-state index in [2.05, 4.69) is 10.1 Å². The first kappa shape index (κ1) is 20.9. The standard InChI is InChI=1S/C19H17F3N2O4/c1-12(25)24(16-8-6-14(7-9-16)19(20,21)22)11-17(26)23-15-5-3-4-13(10-15)18(27)28-2/h3-10H,11H2,1-2H3,(H,23,26). The lowest BCUT2D eigenvalue weighted by Crippen LogP contribution is -2.36. The number of alkyl halides is 3. The molecule has 2 aromatic carbocycles. The maximum Gasteiger partial charge on any atom is 0.416 e. The van der Waals surface area contributed by atoms with Gasteiger partial charge in [-0.15, -0.1) is 0 Å². The molecular weight excluding hydrogens is 377 g/mol. The van der Waals surface area contributed by atoms with Crippen molar-refractivity contribution in [2.24, 2.45) is 0 Å². The Hall–Kier alpha value is -3.36. The molecule has 0 heterocycles. The fraction of sp³-hybridized carbons (Fsp3) is 0.211. The Bertz CT molecular complexity index is 879. The number of nitrogens with zero attached hydrogens (tertiary/aromatic N) is 1. The van der Waals surface area contributed by atoms with E-state index in [1.165, 1.54) is 26.2 Å². The van der Waals surface area contributed by atoms with Gasteiger partial charge in [-0.25, -0.2) is 4.79 Å². The summed E-state index contributed by atoms with van der Waals surface area (Å²) in [6, 6.07) is 9.91. The van der Waals surface area contributed by atoms with Gasteiger partial charge in [0.15, 0.2) is 0 Å². The van der Waals surface area contributed by atoms with E-state index >= 15 is 0 Å². The summed E-state index contributed by atoms with van der Waals surface area (Å²) in [5.41, 5.74) is -0.168. The van der Waals surface area contributed by atoms with Crippen LogP contribution in [0.3, 0.4) is 0 Å². The number of amides is 2. The smallest absolute Gasteiger partial charge is 0.416 e. The van der Waals surface area contributed by atoms with Crippen LogP contribution in [0, 0.1) is 0 Å². The molecule has 0 aliphatic carbocycles. The minimum atomic E-state index is -4.50. The number of nitrogens with one attached hydrogen (secondary N) is 1. The van der Waals surface area contributed by atoms with Crippen LogP contribution in [-0.2, 0) is 20.5 Å². The average molecular weight is 394 g/mol. The molecule has 0 fully saturated rings. The van der Waals surface area contributed by atoms with Crippen molar-refractivity contribution in [3.63, 3.8) is 0 Å². The van der Waals surface area contributed by atoms with Gasteiger partial charge in [0.1, 0.15) is 6.54 Å². The van der Waals surface area contributed by atoms with Crippen LogP contribution in [0.25, 0.3) is 0 Å². The first-order chi connectivity index (χ1) is 13.1. The number of benzene rings is 2. The summed E-state index contributed by atoms with van der Waals surface area (Å²) < 4.78 is 42.6. The Balaban J connectivity index is 2.13. The molecule has 0 aromatic heterocycles. The Morgan fingerprint density at radius 1 is 1.07 bits per heavy atom. The Labute approximate surface area is 158 Å². The Kier molecular flexibility index (Phi) is 6.40. The molecule has 0 spiro atoms. The van der Waals surface area contributed by atoms with E-state index in [1.54, 1.807) is 12.1 Å². The lowest BCUT2D eigenvalue weighted by Gasteiger charge is -2.21. The first-order valence-corrected chi connectivity index (χ1v) is 8.05. The molecule has 0 atom stereocenters. The maximum absolute atomic E-state index is 12.7. The fourth-order valence-electron chi connectivity index (χ4n) is 2.40. The predicted octanol–water partition coefficient (Wildman–Crippen LogP) is 3.48. The van der Waals surface area contributed by atoms with Gasteiger partial charge >= 0.3 is 12.1 Å². The number of esters is 1. The lowest BCUT2D eigenvalue weighted by molar-refractivity contribution is -0.137. The molecule has 2 rings (SSSR count). The molecule has 9 heteroatoms. The summed E-state index contributed by atoms with van der Waals surface area (Å²) in [6.45, 7) is 0.784. The van der Waals surface area contributed by atoms with Crippen LogP contribution in [0.15, 0.2) is 48.5 Å². The fourth-order valence-corrected chi connectivity index (χ4v) is 2.40. The highest BCUT2D eigenvalue weighted by Crippen LogP contribution is 2.30. The van der Waals surface area contributed by atoms with Gasteiger partial charge in [-0.1, -0.05) is 6.07 Å². The molecule has 0 radical (unpaired) electrons.